The number of halogens is 1. The predicted molar refractivity (Wildman–Crippen MR) is 69.7 cm³/mol. The summed E-state index contributed by atoms with van der Waals surface area (Å²) in [6.45, 7) is 0. The molecular weight excluding hydrogens is 300 g/mol. The first-order chi connectivity index (χ1) is 8.60. The Balaban J connectivity index is 2.16. The van der Waals surface area contributed by atoms with Gasteiger partial charge < -0.3 is 10.1 Å². The molecule has 2 aromatic rings. The molecule has 94 valence electrons. The van der Waals surface area contributed by atoms with Crippen LogP contribution in [-0.2, 0) is 7.05 Å². The van der Waals surface area contributed by atoms with E-state index in [9.17, 15) is 4.79 Å². The Kier molecular flexibility index (Phi) is 3.61. The number of hydrogen-bond acceptors (Lipinski definition) is 4. The molecule has 0 aromatic carbocycles. The van der Waals surface area contributed by atoms with Crippen LogP contribution in [0, 0.1) is 0 Å². The van der Waals surface area contributed by atoms with Crippen molar-refractivity contribution < 1.29 is 9.53 Å². The summed E-state index contributed by atoms with van der Waals surface area (Å²) in [5.41, 5.74) is 0.274. The predicted octanol–water partition coefficient (Wildman–Crippen LogP) is 1.84. The van der Waals surface area contributed by atoms with E-state index in [1.165, 1.54) is 11.8 Å². The maximum absolute atomic E-state index is 11.9. The van der Waals surface area contributed by atoms with Crippen LogP contribution in [0.1, 0.15) is 10.5 Å². The SMILES string of the molecule is COc1cc(C(=O)Nc2cc(Br)ccn2)nn1C. The van der Waals surface area contributed by atoms with Crippen LogP contribution >= 0.6 is 15.9 Å². The van der Waals surface area contributed by atoms with Crippen molar-refractivity contribution >= 4 is 27.7 Å². The fourth-order valence-electron chi connectivity index (χ4n) is 1.41. The van der Waals surface area contributed by atoms with E-state index in [2.05, 4.69) is 31.3 Å². The molecule has 0 saturated carbocycles. The Morgan fingerprint density at radius 3 is 2.89 bits per heavy atom. The highest BCUT2D eigenvalue weighted by molar-refractivity contribution is 9.10. The number of nitrogens with one attached hydrogen (secondary N) is 1. The fraction of sp³-hybridized carbons (Fsp3) is 0.182. The van der Waals surface area contributed by atoms with Crippen molar-refractivity contribution in [2.24, 2.45) is 7.05 Å². The first-order valence-electron chi connectivity index (χ1n) is 5.11. The van der Waals surface area contributed by atoms with E-state index in [4.69, 9.17) is 4.74 Å². The average molecular weight is 311 g/mol. The van der Waals surface area contributed by atoms with Crippen molar-refractivity contribution in [2.45, 2.75) is 0 Å². The molecule has 0 aliphatic heterocycles. The third kappa shape index (κ3) is 2.67. The lowest BCUT2D eigenvalue weighted by molar-refractivity contribution is 0.102. The van der Waals surface area contributed by atoms with Crippen LogP contribution in [0.2, 0.25) is 0 Å². The second-order valence-corrected chi connectivity index (χ2v) is 4.42. The van der Waals surface area contributed by atoms with Crippen LogP contribution in [-0.4, -0.2) is 27.8 Å². The van der Waals surface area contributed by atoms with E-state index in [0.29, 0.717) is 11.7 Å². The van der Waals surface area contributed by atoms with E-state index in [1.807, 2.05) is 0 Å². The van der Waals surface area contributed by atoms with Crippen molar-refractivity contribution in [1.29, 1.82) is 0 Å². The van der Waals surface area contributed by atoms with Crippen LogP contribution in [0.4, 0.5) is 5.82 Å². The van der Waals surface area contributed by atoms with Gasteiger partial charge in [0.1, 0.15) is 5.82 Å². The smallest absolute Gasteiger partial charge is 0.277 e. The lowest BCUT2D eigenvalue weighted by atomic mass is 10.4. The van der Waals surface area contributed by atoms with Crippen LogP contribution in [0.25, 0.3) is 0 Å². The maximum Gasteiger partial charge on any atom is 0.277 e. The lowest BCUT2D eigenvalue weighted by Crippen LogP contribution is -2.13. The van der Waals surface area contributed by atoms with E-state index >= 15 is 0 Å². The Labute approximate surface area is 112 Å². The quantitative estimate of drug-likeness (QED) is 0.939. The van der Waals surface area contributed by atoms with Gasteiger partial charge in [-0.25, -0.2) is 9.67 Å². The van der Waals surface area contributed by atoms with Gasteiger partial charge in [-0.2, -0.15) is 5.10 Å². The Bertz CT molecular complexity index is 582. The van der Waals surface area contributed by atoms with E-state index < -0.39 is 0 Å². The lowest BCUT2D eigenvalue weighted by Gasteiger charge is -2.01. The summed E-state index contributed by atoms with van der Waals surface area (Å²) < 4.78 is 7.37. The Morgan fingerprint density at radius 1 is 1.50 bits per heavy atom. The summed E-state index contributed by atoms with van der Waals surface area (Å²) in [5, 5.41) is 6.69. The number of aromatic nitrogens is 3. The minimum absolute atomic E-state index is 0.274. The molecule has 6 nitrogen and oxygen atoms in total. The highest BCUT2D eigenvalue weighted by Crippen LogP contribution is 2.15. The van der Waals surface area contributed by atoms with Crippen molar-refractivity contribution in [3.63, 3.8) is 0 Å². The number of methoxy groups -OCH3 is 1. The van der Waals surface area contributed by atoms with E-state index in [-0.39, 0.29) is 11.6 Å². The third-order valence-electron chi connectivity index (χ3n) is 2.24. The van der Waals surface area contributed by atoms with Crippen molar-refractivity contribution in [3.05, 3.63) is 34.6 Å². The van der Waals surface area contributed by atoms with Crippen molar-refractivity contribution in [1.82, 2.24) is 14.8 Å². The van der Waals surface area contributed by atoms with Gasteiger partial charge in [0.25, 0.3) is 5.91 Å². The summed E-state index contributed by atoms with van der Waals surface area (Å²) in [6, 6.07) is 5.05. The average Bonchev–Trinajstić information content (AvgIpc) is 2.70. The Morgan fingerprint density at radius 2 is 2.28 bits per heavy atom. The molecule has 7 heteroatoms. The number of nitrogens with zero attached hydrogens (tertiary/aromatic N) is 3. The van der Waals surface area contributed by atoms with Gasteiger partial charge >= 0.3 is 0 Å². The molecule has 0 aliphatic rings. The zero-order valence-corrected chi connectivity index (χ0v) is 11.4. The van der Waals surface area contributed by atoms with E-state index in [1.54, 1.807) is 31.4 Å². The number of rotatable bonds is 3. The first kappa shape index (κ1) is 12.6. The molecule has 18 heavy (non-hydrogen) atoms. The molecule has 0 fully saturated rings. The summed E-state index contributed by atoms with van der Waals surface area (Å²) in [6.07, 6.45) is 1.60. The molecule has 0 unspecified atom stereocenters. The zero-order chi connectivity index (χ0) is 13.1. The van der Waals surface area contributed by atoms with Gasteiger partial charge in [-0.1, -0.05) is 15.9 Å². The second kappa shape index (κ2) is 5.18. The fourth-order valence-corrected chi connectivity index (χ4v) is 1.74. The van der Waals surface area contributed by atoms with Gasteiger partial charge in [0.15, 0.2) is 5.69 Å². The second-order valence-electron chi connectivity index (χ2n) is 3.51. The number of aryl methyl sites for hydroxylation is 1. The normalized spacial score (nSPS) is 10.2. The highest BCUT2D eigenvalue weighted by atomic mass is 79.9. The molecule has 0 radical (unpaired) electrons. The largest absolute Gasteiger partial charge is 0.481 e. The zero-order valence-electron chi connectivity index (χ0n) is 9.85. The summed E-state index contributed by atoms with van der Waals surface area (Å²) >= 11 is 3.30. The number of hydrogen-bond donors (Lipinski definition) is 1. The van der Waals surface area contributed by atoms with Crippen molar-refractivity contribution in [3.8, 4) is 5.88 Å². The molecule has 0 bridgehead atoms. The molecule has 0 aliphatic carbocycles. The third-order valence-corrected chi connectivity index (χ3v) is 2.74. The number of carbonyl (C=O) groups excluding carboxylic acids is 1. The molecule has 0 atom stereocenters. The number of carbonyl (C=O) groups is 1. The van der Waals surface area contributed by atoms with Gasteiger partial charge in [0.2, 0.25) is 5.88 Å². The van der Waals surface area contributed by atoms with Crippen LogP contribution in [0.15, 0.2) is 28.9 Å². The minimum atomic E-state index is -0.334. The molecule has 2 heterocycles. The first-order valence-corrected chi connectivity index (χ1v) is 5.90. The monoisotopic (exact) mass is 310 g/mol. The van der Waals surface area contributed by atoms with Crippen LogP contribution in [0.5, 0.6) is 5.88 Å². The molecule has 1 N–H and O–H groups in total. The molecular formula is C11H11BrN4O2. The van der Waals surface area contributed by atoms with Gasteiger partial charge in [-0.15, -0.1) is 0 Å². The molecule has 0 saturated heterocycles. The van der Waals surface area contributed by atoms with Gasteiger partial charge in [0, 0.05) is 23.8 Å². The van der Waals surface area contributed by atoms with Crippen LogP contribution < -0.4 is 10.1 Å². The Hall–Kier alpha value is -1.89. The van der Waals surface area contributed by atoms with E-state index in [0.717, 1.165) is 4.47 Å². The summed E-state index contributed by atoms with van der Waals surface area (Å²) in [4.78, 5) is 15.9. The number of anilines is 1. The molecule has 2 rings (SSSR count). The molecule has 1 amide bonds. The number of ether oxygens (including phenoxy) is 1. The summed E-state index contributed by atoms with van der Waals surface area (Å²) in [7, 11) is 3.22. The molecule has 0 spiro atoms. The number of amides is 1. The highest BCUT2D eigenvalue weighted by Gasteiger charge is 2.13. The number of pyridine rings is 1. The minimum Gasteiger partial charge on any atom is -0.481 e. The maximum atomic E-state index is 11.9. The summed E-state index contributed by atoms with van der Waals surface area (Å²) in [5.74, 6) is 0.640. The molecule has 2 aromatic heterocycles. The standard InChI is InChI=1S/C11H11BrN4O2/c1-16-10(18-2)6-8(15-16)11(17)14-9-5-7(12)3-4-13-9/h3-6H,1-2H3,(H,13,14,17). The van der Waals surface area contributed by atoms with Gasteiger partial charge in [0.05, 0.1) is 7.11 Å². The van der Waals surface area contributed by atoms with Gasteiger partial charge in [-0.3, -0.25) is 4.79 Å². The topological polar surface area (TPSA) is 69.0 Å². The van der Waals surface area contributed by atoms with Crippen molar-refractivity contribution in [2.75, 3.05) is 12.4 Å². The van der Waals surface area contributed by atoms with Crippen LogP contribution in [0.3, 0.4) is 0 Å². The van der Waals surface area contributed by atoms with Gasteiger partial charge in [-0.05, 0) is 12.1 Å².